The summed E-state index contributed by atoms with van der Waals surface area (Å²) in [7, 11) is 0. The topological polar surface area (TPSA) is 63.1 Å². The molecule has 40 heavy (non-hydrogen) atoms. The third-order valence-corrected chi connectivity index (χ3v) is 7.94. The number of nitrogens with zero attached hydrogens (tertiary/aromatic N) is 1. The minimum atomic E-state index is -0.979. The molecule has 3 aromatic rings. The van der Waals surface area contributed by atoms with E-state index >= 15 is 0 Å². The third kappa shape index (κ3) is 6.51. The van der Waals surface area contributed by atoms with Crippen LogP contribution in [-0.4, -0.2) is 23.1 Å². The number of para-hydroxylation sites is 1. The molecule has 0 radical (unpaired) electrons. The second-order valence-corrected chi connectivity index (χ2v) is 10.5. The minimum absolute atomic E-state index is 0.000510. The van der Waals surface area contributed by atoms with Crippen LogP contribution in [0.5, 0.6) is 0 Å². The van der Waals surface area contributed by atoms with Crippen molar-refractivity contribution in [2.45, 2.75) is 45.6 Å². The van der Waals surface area contributed by atoms with Crippen LogP contribution in [0.2, 0.25) is 0 Å². The molecule has 208 valence electrons. The van der Waals surface area contributed by atoms with Gasteiger partial charge in [-0.1, -0.05) is 30.7 Å². The molecule has 2 aliphatic rings. The molecule has 2 N–H and O–H groups in total. The van der Waals surface area contributed by atoms with E-state index in [2.05, 4.69) is 23.5 Å². The third-order valence-electron chi connectivity index (χ3n) is 7.94. The van der Waals surface area contributed by atoms with Crippen LogP contribution in [-0.2, 0) is 11.3 Å². The Morgan fingerprint density at radius 3 is 2.45 bits per heavy atom. The van der Waals surface area contributed by atoms with Crippen LogP contribution in [0.25, 0.3) is 10.9 Å². The highest BCUT2D eigenvalue weighted by Gasteiger charge is 2.40. The maximum atomic E-state index is 14.6. The summed E-state index contributed by atoms with van der Waals surface area (Å²) < 4.78 is 30.0. The predicted molar refractivity (Wildman–Crippen MR) is 157 cm³/mol. The lowest BCUT2D eigenvalue weighted by atomic mass is 9.86. The standard InChI is InChI=1S/C31H33F2N3O2.C2H2/c1-2-6-27(33)24(18-32)19-36-28-12-11-26(34-30(37)17-22-14-20-9-10-21(22)13-20)15-23(28)16-29(36)31(38)35-25-7-4-3-5-8-25;1-2/h2-8,11-12,15-16,20-22H,9-10,13-14,17-19H2,1H3,(H,34,37)(H,35,38);1-2H/b6-2-,27-24-;. The van der Waals surface area contributed by atoms with Crippen molar-refractivity contribution in [3.05, 3.63) is 83.8 Å². The number of hydrogen-bond donors (Lipinski definition) is 2. The van der Waals surface area contributed by atoms with Crippen molar-refractivity contribution in [1.29, 1.82) is 0 Å². The van der Waals surface area contributed by atoms with Gasteiger partial charge in [0, 0.05) is 34.3 Å². The summed E-state index contributed by atoms with van der Waals surface area (Å²) >= 11 is 0. The number of hydrogen-bond acceptors (Lipinski definition) is 2. The van der Waals surface area contributed by atoms with E-state index in [9.17, 15) is 18.4 Å². The summed E-state index contributed by atoms with van der Waals surface area (Å²) in [5.41, 5.74) is 2.11. The van der Waals surface area contributed by atoms with Gasteiger partial charge >= 0.3 is 0 Å². The number of allylic oxidation sites excluding steroid dienone is 4. The van der Waals surface area contributed by atoms with Gasteiger partial charge in [0.15, 0.2) is 0 Å². The lowest BCUT2D eigenvalue weighted by molar-refractivity contribution is -0.117. The smallest absolute Gasteiger partial charge is 0.272 e. The number of benzene rings is 2. The van der Waals surface area contributed by atoms with Gasteiger partial charge in [-0.3, -0.25) is 9.59 Å². The quantitative estimate of drug-likeness (QED) is 0.215. The van der Waals surface area contributed by atoms with Gasteiger partial charge in [0.05, 0.1) is 6.54 Å². The Morgan fingerprint density at radius 1 is 1.02 bits per heavy atom. The number of aromatic nitrogens is 1. The Kier molecular flexibility index (Phi) is 9.55. The molecule has 0 saturated heterocycles. The van der Waals surface area contributed by atoms with Gasteiger partial charge < -0.3 is 15.2 Å². The van der Waals surface area contributed by atoms with E-state index in [0.29, 0.717) is 40.5 Å². The number of fused-ring (bicyclic) bond motifs is 3. The van der Waals surface area contributed by atoms with E-state index in [-0.39, 0.29) is 29.6 Å². The fraction of sp³-hybridized carbons (Fsp3) is 0.333. The molecule has 3 unspecified atom stereocenters. The first-order valence-corrected chi connectivity index (χ1v) is 13.6. The van der Waals surface area contributed by atoms with Gasteiger partial charge in [0.2, 0.25) is 5.91 Å². The molecular formula is C33H35F2N3O2. The first kappa shape index (κ1) is 28.8. The highest BCUT2D eigenvalue weighted by molar-refractivity contribution is 6.07. The van der Waals surface area contributed by atoms with Crippen LogP contribution in [0, 0.1) is 30.6 Å². The molecule has 2 saturated carbocycles. The molecule has 2 fully saturated rings. The second kappa shape index (κ2) is 13.3. The molecule has 2 aliphatic carbocycles. The van der Waals surface area contributed by atoms with Gasteiger partial charge in [0.25, 0.3) is 5.91 Å². The van der Waals surface area contributed by atoms with Crippen molar-refractivity contribution in [3.63, 3.8) is 0 Å². The SMILES string of the molecule is C#C.C/C=C\C(F)=C(/CF)Cn1c(C(=O)Nc2ccccc2)cc2cc(NC(=O)CC3CC4CCC3C4)ccc21. The molecule has 0 spiro atoms. The average Bonchev–Trinajstić information content (AvgIpc) is 3.68. The number of rotatable bonds is 9. The predicted octanol–water partition coefficient (Wildman–Crippen LogP) is 7.68. The maximum Gasteiger partial charge on any atom is 0.272 e. The molecule has 2 bridgehead atoms. The molecule has 5 rings (SSSR count). The van der Waals surface area contributed by atoms with Crippen LogP contribution >= 0.6 is 0 Å². The van der Waals surface area contributed by atoms with E-state index in [0.717, 1.165) is 12.3 Å². The number of anilines is 2. The van der Waals surface area contributed by atoms with Crippen molar-refractivity contribution in [2.75, 3.05) is 17.3 Å². The molecule has 5 nitrogen and oxygen atoms in total. The molecule has 7 heteroatoms. The zero-order valence-electron chi connectivity index (χ0n) is 22.7. The van der Waals surface area contributed by atoms with E-state index in [4.69, 9.17) is 0 Å². The Labute approximate surface area is 234 Å². The van der Waals surface area contributed by atoms with E-state index in [1.807, 2.05) is 24.3 Å². The van der Waals surface area contributed by atoms with Crippen molar-refractivity contribution < 1.29 is 18.4 Å². The molecule has 1 heterocycles. The Bertz CT molecular complexity index is 1440. The molecule has 2 amide bonds. The highest BCUT2D eigenvalue weighted by Crippen LogP contribution is 2.49. The van der Waals surface area contributed by atoms with E-state index in [1.165, 1.54) is 31.4 Å². The fourth-order valence-electron chi connectivity index (χ4n) is 6.14. The summed E-state index contributed by atoms with van der Waals surface area (Å²) in [6.45, 7) is 0.558. The van der Waals surface area contributed by atoms with Gasteiger partial charge in [-0.05, 0) is 86.4 Å². The molecule has 2 aromatic carbocycles. The lowest BCUT2D eigenvalue weighted by Gasteiger charge is -2.20. The summed E-state index contributed by atoms with van der Waals surface area (Å²) in [6.07, 6.45) is 16.2. The maximum absolute atomic E-state index is 14.6. The largest absolute Gasteiger partial charge is 0.332 e. The molecule has 0 aliphatic heterocycles. The van der Waals surface area contributed by atoms with Crippen LogP contribution < -0.4 is 10.6 Å². The summed E-state index contributed by atoms with van der Waals surface area (Å²) in [5.74, 6) is 0.878. The van der Waals surface area contributed by atoms with Crippen LogP contribution in [0.1, 0.15) is 49.5 Å². The zero-order chi connectivity index (χ0) is 28.6. The second-order valence-electron chi connectivity index (χ2n) is 10.5. The summed E-state index contributed by atoms with van der Waals surface area (Å²) in [6, 6.07) is 16.1. The molecular weight excluding hydrogens is 508 g/mol. The number of nitrogens with one attached hydrogen (secondary N) is 2. The van der Waals surface area contributed by atoms with E-state index in [1.54, 1.807) is 41.8 Å². The van der Waals surface area contributed by atoms with Crippen molar-refractivity contribution in [1.82, 2.24) is 4.57 Å². The Balaban J connectivity index is 0.00000181. The van der Waals surface area contributed by atoms with Gasteiger partial charge in [-0.15, -0.1) is 12.8 Å². The first-order chi connectivity index (χ1) is 19.4. The molecule has 1 aromatic heterocycles. The van der Waals surface area contributed by atoms with Crippen LogP contribution in [0.15, 0.2) is 78.1 Å². The molecule has 3 atom stereocenters. The Hall–Kier alpha value is -4.18. The van der Waals surface area contributed by atoms with Crippen LogP contribution in [0.3, 0.4) is 0 Å². The fourth-order valence-corrected chi connectivity index (χ4v) is 6.14. The first-order valence-electron chi connectivity index (χ1n) is 13.6. The number of alkyl halides is 1. The number of carbonyl (C=O) groups is 2. The van der Waals surface area contributed by atoms with Gasteiger partial charge in [-0.25, -0.2) is 8.78 Å². The minimum Gasteiger partial charge on any atom is -0.332 e. The Morgan fingerprint density at radius 2 is 1.80 bits per heavy atom. The van der Waals surface area contributed by atoms with Gasteiger partial charge in [0.1, 0.15) is 18.2 Å². The van der Waals surface area contributed by atoms with Crippen molar-refractivity contribution in [2.24, 2.45) is 17.8 Å². The summed E-state index contributed by atoms with van der Waals surface area (Å²) in [5, 5.41) is 6.58. The normalized spacial score (nSPS) is 20.2. The van der Waals surface area contributed by atoms with E-state index < -0.39 is 12.5 Å². The van der Waals surface area contributed by atoms with Gasteiger partial charge in [-0.2, -0.15) is 0 Å². The monoisotopic (exact) mass is 543 g/mol. The highest BCUT2D eigenvalue weighted by atomic mass is 19.1. The van der Waals surface area contributed by atoms with Crippen molar-refractivity contribution >= 4 is 34.1 Å². The summed E-state index contributed by atoms with van der Waals surface area (Å²) in [4.78, 5) is 26.1. The zero-order valence-corrected chi connectivity index (χ0v) is 22.7. The van der Waals surface area contributed by atoms with Crippen molar-refractivity contribution in [3.8, 4) is 12.8 Å². The number of amides is 2. The average molecular weight is 544 g/mol. The number of carbonyl (C=O) groups excluding carboxylic acids is 2. The lowest BCUT2D eigenvalue weighted by Crippen LogP contribution is -2.20. The van der Waals surface area contributed by atoms with Crippen LogP contribution in [0.4, 0.5) is 20.2 Å². The number of terminal acetylenes is 1. The number of halogens is 2.